The Labute approximate surface area is 64.8 Å². The molecular formula is C9H15B. The second kappa shape index (κ2) is 1.62. The summed E-state index contributed by atoms with van der Waals surface area (Å²) in [5.41, 5.74) is 1.23. The summed E-state index contributed by atoms with van der Waals surface area (Å²) in [7, 11) is 5.93. The zero-order valence-corrected chi connectivity index (χ0v) is 6.98. The predicted octanol–water partition coefficient (Wildman–Crippen LogP) is 2.54. The van der Waals surface area contributed by atoms with Crippen molar-refractivity contribution < 1.29 is 0 Å². The van der Waals surface area contributed by atoms with Gasteiger partial charge in [0.2, 0.25) is 0 Å². The van der Waals surface area contributed by atoms with Crippen molar-refractivity contribution in [2.45, 2.75) is 45.3 Å². The third-order valence-corrected chi connectivity index (χ3v) is 3.71. The van der Waals surface area contributed by atoms with Crippen LogP contribution in [0.4, 0.5) is 0 Å². The summed E-state index contributed by atoms with van der Waals surface area (Å²) in [6.45, 7) is 4.76. The average molecular weight is 134 g/mol. The Morgan fingerprint density at radius 2 is 1.80 bits per heavy atom. The molecule has 0 saturated heterocycles. The largest absolute Gasteiger partial charge is 0.0763 e. The van der Waals surface area contributed by atoms with E-state index in [-0.39, 0.29) is 0 Å². The minimum atomic E-state index is 0.498. The van der Waals surface area contributed by atoms with Crippen molar-refractivity contribution >= 4 is 7.85 Å². The van der Waals surface area contributed by atoms with E-state index >= 15 is 0 Å². The topological polar surface area (TPSA) is 0 Å². The number of hydrogen-bond acceptors (Lipinski definition) is 0. The molecule has 0 aromatic carbocycles. The highest BCUT2D eigenvalue weighted by Crippen LogP contribution is 2.69. The molecular weight excluding hydrogens is 119 g/mol. The lowest BCUT2D eigenvalue weighted by atomic mass is 9.78. The van der Waals surface area contributed by atoms with Gasteiger partial charge in [0.15, 0.2) is 0 Å². The second-order valence-electron chi connectivity index (χ2n) is 4.83. The molecule has 0 heterocycles. The molecule has 0 aromatic rings. The number of rotatable bonds is 0. The highest BCUT2D eigenvalue weighted by molar-refractivity contribution is 6.11. The van der Waals surface area contributed by atoms with Crippen LogP contribution in [0.2, 0.25) is 5.82 Å². The van der Waals surface area contributed by atoms with Crippen LogP contribution in [-0.4, -0.2) is 7.85 Å². The lowest BCUT2D eigenvalue weighted by Gasteiger charge is -2.26. The van der Waals surface area contributed by atoms with Gasteiger partial charge < -0.3 is 0 Å². The normalized spacial score (nSPS) is 40.4. The van der Waals surface area contributed by atoms with Crippen molar-refractivity contribution in [3.8, 4) is 0 Å². The molecule has 54 valence electrons. The summed E-state index contributed by atoms with van der Waals surface area (Å²) in [6.07, 6.45) is 5.41. The molecule has 0 nitrogen and oxygen atoms in total. The van der Waals surface area contributed by atoms with Crippen LogP contribution in [0, 0.1) is 10.8 Å². The zero-order valence-electron chi connectivity index (χ0n) is 6.98. The summed E-state index contributed by atoms with van der Waals surface area (Å²) in [6, 6.07) is 0. The fraction of sp³-hybridized carbons (Fsp3) is 1.00. The van der Waals surface area contributed by atoms with Crippen LogP contribution in [0.1, 0.15) is 39.5 Å². The van der Waals surface area contributed by atoms with E-state index in [0.29, 0.717) is 16.6 Å². The molecule has 1 atom stereocenters. The van der Waals surface area contributed by atoms with Crippen molar-refractivity contribution in [2.75, 3.05) is 0 Å². The van der Waals surface area contributed by atoms with Crippen molar-refractivity contribution in [3.05, 3.63) is 0 Å². The van der Waals surface area contributed by atoms with E-state index in [1.54, 1.807) is 0 Å². The van der Waals surface area contributed by atoms with Gasteiger partial charge in [0.1, 0.15) is 0 Å². The van der Waals surface area contributed by atoms with Crippen LogP contribution < -0.4 is 0 Å². The van der Waals surface area contributed by atoms with Gasteiger partial charge in [-0.15, -0.1) is 0 Å². The van der Waals surface area contributed by atoms with E-state index < -0.39 is 0 Å². The smallest absolute Gasteiger partial charge is 0.0700 e. The molecule has 0 amide bonds. The lowest BCUT2D eigenvalue weighted by molar-refractivity contribution is 0.236. The Kier molecular flexibility index (Phi) is 1.10. The Bertz CT molecular complexity index is 150. The van der Waals surface area contributed by atoms with Crippen molar-refractivity contribution in [1.82, 2.24) is 0 Å². The Balaban J connectivity index is 2.21. The molecule has 2 fully saturated rings. The van der Waals surface area contributed by atoms with Gasteiger partial charge in [-0.05, 0) is 23.7 Å². The summed E-state index contributed by atoms with van der Waals surface area (Å²) in [5, 5.41) is 0. The molecule has 10 heavy (non-hydrogen) atoms. The first-order chi connectivity index (χ1) is 4.56. The van der Waals surface area contributed by atoms with Crippen LogP contribution >= 0.6 is 0 Å². The van der Waals surface area contributed by atoms with Crippen LogP contribution in [0.15, 0.2) is 0 Å². The predicted molar refractivity (Wildman–Crippen MR) is 44.2 cm³/mol. The molecule has 1 heteroatoms. The summed E-state index contributed by atoms with van der Waals surface area (Å²) >= 11 is 0. The Hall–Kier alpha value is 0.0649. The Morgan fingerprint density at radius 3 is 2.00 bits per heavy atom. The van der Waals surface area contributed by atoms with Gasteiger partial charge >= 0.3 is 0 Å². The molecule has 2 aliphatic rings. The summed E-state index contributed by atoms with van der Waals surface area (Å²) < 4.78 is 0. The molecule has 2 aliphatic carbocycles. The molecule has 0 aromatic heterocycles. The van der Waals surface area contributed by atoms with E-state index in [1.165, 1.54) is 25.7 Å². The van der Waals surface area contributed by atoms with Gasteiger partial charge in [-0.1, -0.05) is 32.5 Å². The SMILES string of the molecule is [B]C1CC(C)(C)C2(CC2)C1. The third kappa shape index (κ3) is 0.695. The first kappa shape index (κ1) is 6.76. The molecule has 1 unspecified atom stereocenters. The van der Waals surface area contributed by atoms with Crippen molar-refractivity contribution in [3.63, 3.8) is 0 Å². The standard InChI is InChI=1S/C9H15B/c1-8(2)5-7(10)6-9(8)3-4-9/h7H,3-6H2,1-2H3. The molecule has 1 spiro atoms. The monoisotopic (exact) mass is 134 g/mol. The van der Waals surface area contributed by atoms with E-state index in [9.17, 15) is 0 Å². The van der Waals surface area contributed by atoms with Gasteiger partial charge in [-0.3, -0.25) is 0 Å². The molecule has 2 radical (unpaired) electrons. The highest BCUT2D eigenvalue weighted by atomic mass is 14.6. The molecule has 2 saturated carbocycles. The molecule has 2 rings (SSSR count). The first-order valence-corrected chi connectivity index (χ1v) is 4.31. The quantitative estimate of drug-likeness (QED) is 0.446. The minimum Gasteiger partial charge on any atom is -0.0763 e. The second-order valence-corrected chi connectivity index (χ2v) is 4.83. The van der Waals surface area contributed by atoms with E-state index in [1.807, 2.05) is 0 Å². The maximum absolute atomic E-state index is 5.93. The minimum absolute atomic E-state index is 0.498. The fourth-order valence-corrected chi connectivity index (χ4v) is 2.75. The van der Waals surface area contributed by atoms with Gasteiger partial charge in [-0.2, -0.15) is 0 Å². The fourth-order valence-electron chi connectivity index (χ4n) is 2.75. The van der Waals surface area contributed by atoms with Crippen LogP contribution in [0.5, 0.6) is 0 Å². The maximum atomic E-state index is 5.93. The van der Waals surface area contributed by atoms with Gasteiger partial charge in [-0.25, -0.2) is 0 Å². The first-order valence-electron chi connectivity index (χ1n) is 4.31. The van der Waals surface area contributed by atoms with Crippen LogP contribution in [0.3, 0.4) is 0 Å². The van der Waals surface area contributed by atoms with Gasteiger partial charge in [0, 0.05) is 0 Å². The van der Waals surface area contributed by atoms with Gasteiger partial charge in [0.25, 0.3) is 0 Å². The molecule has 0 aliphatic heterocycles. The summed E-state index contributed by atoms with van der Waals surface area (Å²) in [4.78, 5) is 0. The number of hydrogen-bond donors (Lipinski definition) is 0. The van der Waals surface area contributed by atoms with E-state index in [2.05, 4.69) is 13.8 Å². The van der Waals surface area contributed by atoms with Crippen molar-refractivity contribution in [1.29, 1.82) is 0 Å². The van der Waals surface area contributed by atoms with Crippen molar-refractivity contribution in [2.24, 2.45) is 10.8 Å². The van der Waals surface area contributed by atoms with Gasteiger partial charge in [0.05, 0.1) is 7.85 Å². The zero-order chi connectivity index (χ0) is 7.41. The third-order valence-electron chi connectivity index (χ3n) is 3.71. The lowest BCUT2D eigenvalue weighted by Crippen LogP contribution is -2.17. The highest BCUT2D eigenvalue weighted by Gasteiger charge is 2.58. The van der Waals surface area contributed by atoms with E-state index in [0.717, 1.165) is 0 Å². The van der Waals surface area contributed by atoms with Crippen LogP contribution in [-0.2, 0) is 0 Å². The van der Waals surface area contributed by atoms with E-state index in [4.69, 9.17) is 7.85 Å². The average Bonchev–Trinajstić information content (AvgIpc) is 2.40. The van der Waals surface area contributed by atoms with Crippen LogP contribution in [0.25, 0.3) is 0 Å². The molecule has 0 N–H and O–H groups in total. The summed E-state index contributed by atoms with van der Waals surface area (Å²) in [5.74, 6) is 0.498. The maximum Gasteiger partial charge on any atom is 0.0700 e. The Morgan fingerprint density at radius 1 is 1.20 bits per heavy atom. The molecule has 0 bridgehead atoms.